The van der Waals surface area contributed by atoms with E-state index >= 15 is 0 Å². The molecule has 25 heavy (non-hydrogen) atoms. The predicted molar refractivity (Wildman–Crippen MR) is 90.9 cm³/mol. The van der Waals surface area contributed by atoms with Crippen LogP contribution in [0.25, 0.3) is 0 Å². The fourth-order valence-corrected chi connectivity index (χ4v) is 2.17. The molecule has 124 valence electrons. The molecule has 0 saturated carbocycles. The number of nitrogens with one attached hydrogen (secondary N) is 2. The summed E-state index contributed by atoms with van der Waals surface area (Å²) in [5.74, 6) is 0.765. The Kier molecular flexibility index (Phi) is 4.07. The van der Waals surface area contributed by atoms with E-state index in [1.165, 1.54) is 0 Å². The van der Waals surface area contributed by atoms with Crippen molar-refractivity contribution < 1.29 is 8.83 Å². The second-order valence-corrected chi connectivity index (χ2v) is 5.16. The molecule has 0 amide bonds. The maximum absolute atomic E-state index is 5.54. The van der Waals surface area contributed by atoms with Gasteiger partial charge in [0.2, 0.25) is 11.8 Å². The van der Waals surface area contributed by atoms with Crippen LogP contribution in [0.3, 0.4) is 0 Å². The third-order valence-corrected chi connectivity index (χ3v) is 3.29. The lowest BCUT2D eigenvalue weighted by Crippen LogP contribution is -1.89. The van der Waals surface area contributed by atoms with Crippen molar-refractivity contribution in [1.29, 1.82) is 0 Å². The van der Waals surface area contributed by atoms with Gasteiger partial charge in [0.15, 0.2) is 0 Å². The van der Waals surface area contributed by atoms with Crippen molar-refractivity contribution in [2.45, 2.75) is 6.42 Å². The summed E-state index contributed by atoms with van der Waals surface area (Å²) < 4.78 is 11.1. The van der Waals surface area contributed by atoms with E-state index in [0.29, 0.717) is 23.8 Å². The number of anilines is 4. The Morgan fingerprint density at radius 1 is 0.600 bits per heavy atom. The van der Waals surface area contributed by atoms with Gasteiger partial charge in [-0.3, -0.25) is 0 Å². The van der Waals surface area contributed by atoms with Crippen molar-refractivity contribution in [3.63, 3.8) is 0 Å². The molecular formula is C17H14N6O2. The monoisotopic (exact) mass is 334 g/mol. The SMILES string of the molecule is c1ccc(Nc2nnc(Cc3nnc(Nc4ccccc4)o3)o2)cc1. The third kappa shape index (κ3) is 3.81. The van der Waals surface area contributed by atoms with E-state index in [-0.39, 0.29) is 6.42 Å². The quantitative estimate of drug-likeness (QED) is 0.552. The molecule has 2 N–H and O–H groups in total. The summed E-state index contributed by atoms with van der Waals surface area (Å²) in [6, 6.07) is 19.8. The highest BCUT2D eigenvalue weighted by atomic mass is 16.4. The van der Waals surface area contributed by atoms with Crippen molar-refractivity contribution in [2.24, 2.45) is 0 Å². The smallest absolute Gasteiger partial charge is 0.320 e. The van der Waals surface area contributed by atoms with Gasteiger partial charge in [-0.05, 0) is 24.3 Å². The fraction of sp³-hybridized carbons (Fsp3) is 0.0588. The lowest BCUT2D eigenvalue weighted by atomic mass is 10.3. The molecule has 8 heteroatoms. The third-order valence-electron chi connectivity index (χ3n) is 3.29. The molecule has 0 spiro atoms. The fourth-order valence-electron chi connectivity index (χ4n) is 2.17. The minimum absolute atomic E-state index is 0.257. The first-order valence-electron chi connectivity index (χ1n) is 7.64. The first-order valence-corrected chi connectivity index (χ1v) is 7.64. The molecule has 0 fully saturated rings. The van der Waals surface area contributed by atoms with Crippen LogP contribution in [-0.4, -0.2) is 20.4 Å². The second kappa shape index (κ2) is 6.83. The molecule has 0 aliphatic rings. The number of nitrogens with zero attached hydrogens (tertiary/aromatic N) is 4. The largest absolute Gasteiger partial charge is 0.407 e. The van der Waals surface area contributed by atoms with Crippen LogP contribution in [0.15, 0.2) is 69.5 Å². The van der Waals surface area contributed by atoms with Crippen LogP contribution in [0, 0.1) is 0 Å². The van der Waals surface area contributed by atoms with Gasteiger partial charge < -0.3 is 19.5 Å². The van der Waals surface area contributed by atoms with Crippen LogP contribution in [-0.2, 0) is 6.42 Å². The zero-order chi connectivity index (χ0) is 16.9. The van der Waals surface area contributed by atoms with Crippen molar-refractivity contribution >= 4 is 23.4 Å². The summed E-state index contributed by atoms with van der Waals surface area (Å²) in [6.45, 7) is 0. The van der Waals surface area contributed by atoms with E-state index in [1.54, 1.807) is 0 Å². The highest BCUT2D eigenvalue weighted by Crippen LogP contribution is 2.18. The Labute approximate surface area is 142 Å². The van der Waals surface area contributed by atoms with Gasteiger partial charge in [-0.2, -0.15) is 0 Å². The van der Waals surface area contributed by atoms with Crippen molar-refractivity contribution in [3.8, 4) is 0 Å². The standard InChI is InChI=1S/C17H14N6O2/c1-3-7-12(8-4-1)18-16-22-20-14(24-16)11-15-21-23-17(25-15)19-13-9-5-2-6-10-13/h1-10H,11H2,(H,18,22)(H,19,23). The van der Waals surface area contributed by atoms with Gasteiger partial charge in [0.1, 0.15) is 6.42 Å². The lowest BCUT2D eigenvalue weighted by Gasteiger charge is -1.99. The van der Waals surface area contributed by atoms with Crippen LogP contribution in [0.2, 0.25) is 0 Å². The summed E-state index contributed by atoms with van der Waals surface area (Å²) in [7, 11) is 0. The molecule has 0 bridgehead atoms. The number of aromatic nitrogens is 4. The first-order chi connectivity index (χ1) is 12.3. The molecule has 0 atom stereocenters. The van der Waals surface area contributed by atoms with Gasteiger partial charge in [0.05, 0.1) is 0 Å². The summed E-state index contributed by atoms with van der Waals surface area (Å²) in [5.41, 5.74) is 1.73. The van der Waals surface area contributed by atoms with E-state index in [4.69, 9.17) is 8.83 Å². The molecule has 2 aromatic heterocycles. The zero-order valence-corrected chi connectivity index (χ0v) is 13.1. The molecule has 4 aromatic rings. The Balaban J connectivity index is 1.39. The van der Waals surface area contributed by atoms with E-state index in [0.717, 1.165) is 11.4 Å². The molecular weight excluding hydrogens is 320 g/mol. The molecule has 8 nitrogen and oxygen atoms in total. The number of benzene rings is 2. The molecule has 0 unspecified atom stereocenters. The summed E-state index contributed by atoms with van der Waals surface area (Å²) in [6.07, 6.45) is 0.257. The highest BCUT2D eigenvalue weighted by Gasteiger charge is 2.12. The topological polar surface area (TPSA) is 102 Å². The Hall–Kier alpha value is -3.68. The van der Waals surface area contributed by atoms with Gasteiger partial charge >= 0.3 is 12.0 Å². The Morgan fingerprint density at radius 3 is 1.48 bits per heavy atom. The molecule has 0 aliphatic heterocycles. The Bertz CT molecular complexity index is 858. The van der Waals surface area contributed by atoms with Gasteiger partial charge in [-0.1, -0.05) is 46.6 Å². The second-order valence-electron chi connectivity index (χ2n) is 5.16. The molecule has 0 aliphatic carbocycles. The molecule has 0 radical (unpaired) electrons. The van der Waals surface area contributed by atoms with Crippen molar-refractivity contribution in [1.82, 2.24) is 20.4 Å². The van der Waals surface area contributed by atoms with Crippen LogP contribution < -0.4 is 10.6 Å². The maximum atomic E-state index is 5.54. The number of hydrogen-bond donors (Lipinski definition) is 2. The molecule has 2 heterocycles. The van der Waals surface area contributed by atoms with Gasteiger partial charge in [-0.25, -0.2) is 0 Å². The number of para-hydroxylation sites is 2. The normalized spacial score (nSPS) is 10.6. The number of rotatable bonds is 6. The van der Waals surface area contributed by atoms with Gasteiger partial charge in [0, 0.05) is 11.4 Å². The molecule has 2 aromatic carbocycles. The minimum atomic E-state index is 0.257. The maximum Gasteiger partial charge on any atom is 0.320 e. The van der Waals surface area contributed by atoms with E-state index in [9.17, 15) is 0 Å². The zero-order valence-electron chi connectivity index (χ0n) is 13.1. The van der Waals surface area contributed by atoms with Crippen LogP contribution in [0.4, 0.5) is 23.4 Å². The van der Waals surface area contributed by atoms with E-state index in [2.05, 4.69) is 31.0 Å². The first kappa shape index (κ1) is 14.9. The minimum Gasteiger partial charge on any atom is -0.407 e. The van der Waals surface area contributed by atoms with Crippen LogP contribution >= 0.6 is 0 Å². The van der Waals surface area contributed by atoms with Gasteiger partial charge in [-0.15, -0.1) is 10.2 Å². The summed E-state index contributed by atoms with van der Waals surface area (Å²) >= 11 is 0. The van der Waals surface area contributed by atoms with Crippen molar-refractivity contribution in [2.75, 3.05) is 10.6 Å². The van der Waals surface area contributed by atoms with E-state index in [1.807, 2.05) is 60.7 Å². The number of hydrogen-bond acceptors (Lipinski definition) is 8. The Morgan fingerprint density at radius 2 is 1.04 bits per heavy atom. The average Bonchev–Trinajstić information content (AvgIpc) is 3.27. The summed E-state index contributed by atoms with van der Waals surface area (Å²) in [5, 5.41) is 21.9. The lowest BCUT2D eigenvalue weighted by molar-refractivity contribution is 0.469. The van der Waals surface area contributed by atoms with Crippen LogP contribution in [0.1, 0.15) is 11.8 Å². The molecule has 4 rings (SSSR count). The highest BCUT2D eigenvalue weighted by molar-refractivity contribution is 5.51. The average molecular weight is 334 g/mol. The summed E-state index contributed by atoms with van der Waals surface area (Å²) in [4.78, 5) is 0. The van der Waals surface area contributed by atoms with Gasteiger partial charge in [0.25, 0.3) is 0 Å². The van der Waals surface area contributed by atoms with E-state index < -0.39 is 0 Å². The predicted octanol–water partition coefficient (Wildman–Crippen LogP) is 3.53. The van der Waals surface area contributed by atoms with Crippen LogP contribution in [0.5, 0.6) is 0 Å². The molecule has 0 saturated heterocycles. The van der Waals surface area contributed by atoms with Crippen molar-refractivity contribution in [3.05, 3.63) is 72.4 Å².